The minimum Gasteiger partial charge on any atom is -0.370 e. The molecule has 0 bridgehead atoms. The zero-order valence-corrected chi connectivity index (χ0v) is 12.1. The molecule has 0 spiro atoms. The van der Waals surface area contributed by atoms with Crippen molar-refractivity contribution in [2.45, 2.75) is 39.2 Å². The second kappa shape index (κ2) is 6.44. The molecule has 1 aliphatic heterocycles. The van der Waals surface area contributed by atoms with Crippen LogP contribution in [-0.2, 0) is 0 Å². The summed E-state index contributed by atoms with van der Waals surface area (Å²) in [6, 6.07) is 6.82. The molecule has 1 N–H and O–H groups in total. The van der Waals surface area contributed by atoms with Crippen molar-refractivity contribution in [3.63, 3.8) is 0 Å². The zero-order chi connectivity index (χ0) is 13.0. The molecule has 0 saturated carbocycles. The van der Waals surface area contributed by atoms with E-state index < -0.39 is 0 Å². The highest BCUT2D eigenvalue weighted by Crippen LogP contribution is 2.27. The van der Waals surface area contributed by atoms with E-state index in [0.717, 1.165) is 24.7 Å². The molecule has 1 atom stereocenters. The monoisotopic (exact) mass is 266 g/mol. The smallest absolute Gasteiger partial charge is 0.0455 e. The lowest BCUT2D eigenvalue weighted by atomic mass is 10.1. The normalized spacial score (nSPS) is 20.8. The third-order valence-electron chi connectivity index (χ3n) is 3.70. The summed E-state index contributed by atoms with van der Waals surface area (Å²) in [5.41, 5.74) is 2.50. The van der Waals surface area contributed by atoms with Crippen LogP contribution >= 0.6 is 11.6 Å². The van der Waals surface area contributed by atoms with Crippen molar-refractivity contribution in [1.29, 1.82) is 0 Å². The molecule has 1 saturated heterocycles. The molecular formula is C15H23ClN2. The maximum Gasteiger partial charge on any atom is 0.0455 e. The predicted molar refractivity (Wildman–Crippen MR) is 79.7 cm³/mol. The van der Waals surface area contributed by atoms with E-state index in [1.54, 1.807) is 0 Å². The Hall–Kier alpha value is -0.730. The van der Waals surface area contributed by atoms with Crippen LogP contribution in [0.25, 0.3) is 0 Å². The standard InChI is InChI=1S/C15H23ClN2/c1-3-6-13-11-18(10-5-9-17-13)15-8-4-7-14(16)12(15)2/h4,7-8,13,17H,3,5-6,9-11H2,1-2H3. The van der Waals surface area contributed by atoms with Gasteiger partial charge in [-0.25, -0.2) is 0 Å². The summed E-state index contributed by atoms with van der Waals surface area (Å²) >= 11 is 6.23. The summed E-state index contributed by atoms with van der Waals surface area (Å²) in [6.07, 6.45) is 3.68. The van der Waals surface area contributed by atoms with E-state index in [9.17, 15) is 0 Å². The van der Waals surface area contributed by atoms with Crippen LogP contribution < -0.4 is 10.2 Å². The zero-order valence-electron chi connectivity index (χ0n) is 11.4. The van der Waals surface area contributed by atoms with Crippen molar-refractivity contribution in [3.05, 3.63) is 28.8 Å². The van der Waals surface area contributed by atoms with Crippen molar-refractivity contribution < 1.29 is 0 Å². The van der Waals surface area contributed by atoms with Crippen LogP contribution in [-0.4, -0.2) is 25.7 Å². The van der Waals surface area contributed by atoms with Gasteiger partial charge < -0.3 is 10.2 Å². The van der Waals surface area contributed by atoms with E-state index in [1.807, 2.05) is 6.07 Å². The summed E-state index contributed by atoms with van der Waals surface area (Å²) in [7, 11) is 0. The Balaban J connectivity index is 2.17. The number of rotatable bonds is 3. The third kappa shape index (κ3) is 3.18. The van der Waals surface area contributed by atoms with E-state index >= 15 is 0 Å². The highest BCUT2D eigenvalue weighted by Gasteiger charge is 2.18. The molecule has 0 amide bonds. The van der Waals surface area contributed by atoms with Crippen molar-refractivity contribution in [2.24, 2.45) is 0 Å². The average Bonchev–Trinajstić information content (AvgIpc) is 2.59. The van der Waals surface area contributed by atoms with Crippen LogP contribution in [0.4, 0.5) is 5.69 Å². The lowest BCUT2D eigenvalue weighted by molar-refractivity contribution is 0.502. The van der Waals surface area contributed by atoms with Gasteiger partial charge in [-0.2, -0.15) is 0 Å². The van der Waals surface area contributed by atoms with Gasteiger partial charge in [-0.1, -0.05) is 31.0 Å². The second-order valence-electron chi connectivity index (χ2n) is 5.12. The fraction of sp³-hybridized carbons (Fsp3) is 0.600. The molecule has 0 radical (unpaired) electrons. The summed E-state index contributed by atoms with van der Waals surface area (Å²) in [4.78, 5) is 2.49. The fourth-order valence-corrected chi connectivity index (χ4v) is 2.87. The van der Waals surface area contributed by atoms with Crippen molar-refractivity contribution in [1.82, 2.24) is 5.32 Å². The number of halogens is 1. The van der Waals surface area contributed by atoms with Crippen LogP contribution in [0.1, 0.15) is 31.7 Å². The Kier molecular flexibility index (Phi) is 4.90. The van der Waals surface area contributed by atoms with Crippen LogP contribution in [0.2, 0.25) is 5.02 Å². The highest BCUT2D eigenvalue weighted by molar-refractivity contribution is 6.31. The average molecular weight is 267 g/mol. The van der Waals surface area contributed by atoms with Gasteiger partial charge in [0.25, 0.3) is 0 Å². The fourth-order valence-electron chi connectivity index (χ4n) is 2.70. The Morgan fingerprint density at radius 2 is 2.28 bits per heavy atom. The number of hydrogen-bond donors (Lipinski definition) is 1. The highest BCUT2D eigenvalue weighted by atomic mass is 35.5. The van der Waals surface area contributed by atoms with Crippen molar-refractivity contribution in [2.75, 3.05) is 24.5 Å². The molecule has 100 valence electrons. The van der Waals surface area contributed by atoms with Gasteiger partial charge in [-0.3, -0.25) is 0 Å². The Labute approximate surface area is 115 Å². The van der Waals surface area contributed by atoms with Gasteiger partial charge >= 0.3 is 0 Å². The summed E-state index contributed by atoms with van der Waals surface area (Å²) < 4.78 is 0. The van der Waals surface area contributed by atoms with E-state index in [-0.39, 0.29) is 0 Å². The molecule has 0 aromatic heterocycles. The van der Waals surface area contributed by atoms with Crippen molar-refractivity contribution >= 4 is 17.3 Å². The molecule has 1 fully saturated rings. The van der Waals surface area contributed by atoms with E-state index in [0.29, 0.717) is 6.04 Å². The molecule has 1 aromatic rings. The van der Waals surface area contributed by atoms with Gasteiger partial charge in [0, 0.05) is 29.8 Å². The number of hydrogen-bond acceptors (Lipinski definition) is 2. The summed E-state index contributed by atoms with van der Waals surface area (Å²) in [5, 5.41) is 4.51. The number of benzene rings is 1. The Bertz CT molecular complexity index is 392. The number of anilines is 1. The van der Waals surface area contributed by atoms with Gasteiger partial charge in [-0.05, 0) is 44.0 Å². The van der Waals surface area contributed by atoms with E-state index in [2.05, 4.69) is 36.2 Å². The third-order valence-corrected chi connectivity index (χ3v) is 4.10. The molecule has 1 aliphatic rings. The molecule has 1 unspecified atom stereocenters. The van der Waals surface area contributed by atoms with E-state index in [4.69, 9.17) is 11.6 Å². The minimum atomic E-state index is 0.607. The first-order valence-electron chi connectivity index (χ1n) is 6.95. The summed E-state index contributed by atoms with van der Waals surface area (Å²) in [5.74, 6) is 0. The topological polar surface area (TPSA) is 15.3 Å². The molecule has 1 heterocycles. The molecular weight excluding hydrogens is 244 g/mol. The largest absolute Gasteiger partial charge is 0.370 e. The van der Waals surface area contributed by atoms with Crippen LogP contribution in [0.5, 0.6) is 0 Å². The molecule has 3 heteroatoms. The van der Waals surface area contributed by atoms with Gasteiger partial charge in [-0.15, -0.1) is 0 Å². The first-order chi connectivity index (χ1) is 8.72. The molecule has 2 nitrogen and oxygen atoms in total. The minimum absolute atomic E-state index is 0.607. The number of nitrogens with zero attached hydrogens (tertiary/aromatic N) is 1. The Morgan fingerprint density at radius 1 is 1.44 bits per heavy atom. The van der Waals surface area contributed by atoms with Crippen LogP contribution in [0.15, 0.2) is 18.2 Å². The van der Waals surface area contributed by atoms with Crippen molar-refractivity contribution in [3.8, 4) is 0 Å². The first-order valence-corrected chi connectivity index (χ1v) is 7.33. The molecule has 18 heavy (non-hydrogen) atoms. The first kappa shape index (κ1) is 13.7. The SMILES string of the molecule is CCCC1CN(c2cccc(Cl)c2C)CCCN1. The Morgan fingerprint density at radius 3 is 3.06 bits per heavy atom. The molecule has 2 rings (SSSR count). The van der Waals surface area contributed by atoms with Gasteiger partial charge in [0.2, 0.25) is 0 Å². The predicted octanol–water partition coefficient (Wildman–Crippen LogP) is 3.62. The molecule has 0 aliphatic carbocycles. The maximum absolute atomic E-state index is 6.23. The van der Waals surface area contributed by atoms with Crippen LogP contribution in [0, 0.1) is 6.92 Å². The van der Waals surface area contributed by atoms with Gasteiger partial charge in [0.05, 0.1) is 0 Å². The lowest BCUT2D eigenvalue weighted by Gasteiger charge is -2.28. The number of nitrogens with one attached hydrogen (secondary N) is 1. The van der Waals surface area contributed by atoms with Gasteiger partial charge in [0.15, 0.2) is 0 Å². The van der Waals surface area contributed by atoms with Crippen LogP contribution in [0.3, 0.4) is 0 Å². The quantitative estimate of drug-likeness (QED) is 0.899. The lowest BCUT2D eigenvalue weighted by Crippen LogP contribution is -2.37. The molecule has 1 aromatic carbocycles. The second-order valence-corrected chi connectivity index (χ2v) is 5.53. The van der Waals surface area contributed by atoms with E-state index in [1.165, 1.54) is 30.5 Å². The summed E-state index contributed by atoms with van der Waals surface area (Å²) in [6.45, 7) is 7.70. The maximum atomic E-state index is 6.23. The van der Waals surface area contributed by atoms with Gasteiger partial charge in [0.1, 0.15) is 0 Å².